The fraction of sp³-hybridized carbons (Fsp3) is 0.300. The Morgan fingerprint density at radius 3 is 2.54 bits per heavy atom. The minimum atomic E-state index is -0.346. The first-order valence-corrected chi connectivity index (χ1v) is 8.19. The first-order chi connectivity index (χ1) is 12.4. The average Bonchev–Trinajstić information content (AvgIpc) is 2.63. The van der Waals surface area contributed by atoms with Crippen molar-refractivity contribution < 1.29 is 19.0 Å². The van der Waals surface area contributed by atoms with Gasteiger partial charge in [0.05, 0.1) is 20.4 Å². The van der Waals surface area contributed by atoms with E-state index in [2.05, 4.69) is 16.6 Å². The van der Waals surface area contributed by atoms with E-state index < -0.39 is 0 Å². The number of hydrazone groups is 1. The van der Waals surface area contributed by atoms with E-state index in [-0.39, 0.29) is 12.5 Å². The maximum Gasteiger partial charge on any atom is 0.277 e. The van der Waals surface area contributed by atoms with Crippen LogP contribution in [-0.2, 0) is 4.79 Å². The number of rotatable bonds is 7. The molecule has 0 aliphatic carbocycles. The highest BCUT2D eigenvalue weighted by atomic mass is 16.5. The van der Waals surface area contributed by atoms with E-state index in [1.54, 1.807) is 32.4 Å². The van der Waals surface area contributed by atoms with Gasteiger partial charge in [-0.1, -0.05) is 6.07 Å². The van der Waals surface area contributed by atoms with Crippen LogP contribution >= 0.6 is 0 Å². The zero-order valence-corrected chi connectivity index (χ0v) is 15.8. The minimum absolute atomic E-state index is 0.115. The van der Waals surface area contributed by atoms with Gasteiger partial charge in [0, 0.05) is 5.56 Å². The molecule has 0 saturated heterocycles. The second-order valence-electron chi connectivity index (χ2n) is 5.89. The van der Waals surface area contributed by atoms with Crippen LogP contribution in [0.2, 0.25) is 0 Å². The Bertz CT molecular complexity index is 816. The van der Waals surface area contributed by atoms with E-state index in [0.29, 0.717) is 22.8 Å². The maximum absolute atomic E-state index is 12.0. The lowest BCUT2D eigenvalue weighted by Gasteiger charge is -2.11. The van der Waals surface area contributed by atoms with Crippen LogP contribution < -0.4 is 19.6 Å². The Morgan fingerprint density at radius 2 is 1.85 bits per heavy atom. The molecule has 0 saturated carbocycles. The summed E-state index contributed by atoms with van der Waals surface area (Å²) in [4.78, 5) is 12.0. The summed E-state index contributed by atoms with van der Waals surface area (Å²) >= 11 is 0. The maximum atomic E-state index is 12.0. The molecule has 6 nitrogen and oxygen atoms in total. The van der Waals surface area contributed by atoms with Crippen LogP contribution in [0.25, 0.3) is 0 Å². The monoisotopic (exact) mass is 356 g/mol. The number of methoxy groups -OCH3 is 2. The Morgan fingerprint density at radius 1 is 1.08 bits per heavy atom. The van der Waals surface area contributed by atoms with Crippen molar-refractivity contribution in [3.05, 3.63) is 52.6 Å². The molecule has 138 valence electrons. The molecule has 0 spiro atoms. The van der Waals surface area contributed by atoms with Gasteiger partial charge in [-0.15, -0.1) is 0 Å². The summed E-state index contributed by atoms with van der Waals surface area (Å²) in [5.74, 6) is 1.66. The third-order valence-electron chi connectivity index (χ3n) is 3.95. The molecule has 0 aliphatic heterocycles. The van der Waals surface area contributed by atoms with E-state index in [9.17, 15) is 4.79 Å². The standard InChI is InChI=1S/C20H24N2O4/c1-13-8-14(2)15(3)19(9-13)26-12-20(23)22-21-11-16-10-17(24-4)6-7-18(16)25-5/h6-11H,12H2,1-5H3,(H,22,23)/b21-11+. The van der Waals surface area contributed by atoms with E-state index in [4.69, 9.17) is 14.2 Å². The number of ether oxygens (including phenoxy) is 3. The molecular weight excluding hydrogens is 332 g/mol. The Kier molecular flexibility index (Phi) is 6.60. The summed E-state index contributed by atoms with van der Waals surface area (Å²) in [6.07, 6.45) is 1.50. The molecular formula is C20H24N2O4. The van der Waals surface area contributed by atoms with Gasteiger partial charge in [0.1, 0.15) is 17.2 Å². The quantitative estimate of drug-likeness (QED) is 0.611. The number of carbonyl (C=O) groups excluding carboxylic acids is 1. The molecule has 0 radical (unpaired) electrons. The van der Waals surface area contributed by atoms with Crippen LogP contribution in [0.5, 0.6) is 17.2 Å². The summed E-state index contributed by atoms with van der Waals surface area (Å²) in [5.41, 5.74) is 6.38. The number of carbonyl (C=O) groups is 1. The molecule has 2 aromatic carbocycles. The van der Waals surface area contributed by atoms with Gasteiger partial charge in [-0.05, 0) is 61.7 Å². The number of nitrogens with zero attached hydrogens (tertiary/aromatic N) is 1. The van der Waals surface area contributed by atoms with Gasteiger partial charge in [0.2, 0.25) is 0 Å². The number of hydrogen-bond acceptors (Lipinski definition) is 5. The summed E-state index contributed by atoms with van der Waals surface area (Å²) in [6, 6.07) is 9.32. The van der Waals surface area contributed by atoms with Gasteiger partial charge < -0.3 is 14.2 Å². The molecule has 2 aromatic rings. The zero-order chi connectivity index (χ0) is 19.1. The number of benzene rings is 2. The number of amides is 1. The molecule has 0 unspecified atom stereocenters. The highest BCUT2D eigenvalue weighted by Gasteiger charge is 2.07. The molecule has 0 aliphatic rings. The van der Waals surface area contributed by atoms with Crippen LogP contribution in [0.1, 0.15) is 22.3 Å². The van der Waals surface area contributed by atoms with Gasteiger partial charge in [0.15, 0.2) is 6.61 Å². The second-order valence-corrected chi connectivity index (χ2v) is 5.89. The molecule has 0 aromatic heterocycles. The van der Waals surface area contributed by atoms with Crippen molar-refractivity contribution in [2.24, 2.45) is 5.10 Å². The minimum Gasteiger partial charge on any atom is -0.497 e. The van der Waals surface area contributed by atoms with Gasteiger partial charge in [0.25, 0.3) is 5.91 Å². The molecule has 26 heavy (non-hydrogen) atoms. The summed E-state index contributed by atoms with van der Waals surface area (Å²) in [6.45, 7) is 5.86. The van der Waals surface area contributed by atoms with Crippen LogP contribution in [-0.4, -0.2) is 32.9 Å². The lowest BCUT2D eigenvalue weighted by Crippen LogP contribution is -2.24. The average molecular weight is 356 g/mol. The molecule has 1 N–H and O–H groups in total. The predicted octanol–water partition coefficient (Wildman–Crippen LogP) is 3.16. The Hall–Kier alpha value is -3.02. The van der Waals surface area contributed by atoms with Gasteiger partial charge in [-0.2, -0.15) is 5.10 Å². The fourth-order valence-electron chi connectivity index (χ4n) is 2.44. The third-order valence-corrected chi connectivity index (χ3v) is 3.95. The molecule has 1 amide bonds. The lowest BCUT2D eigenvalue weighted by molar-refractivity contribution is -0.123. The molecule has 0 bridgehead atoms. The van der Waals surface area contributed by atoms with Crippen molar-refractivity contribution in [1.82, 2.24) is 5.43 Å². The predicted molar refractivity (Wildman–Crippen MR) is 101 cm³/mol. The normalized spacial score (nSPS) is 10.7. The lowest BCUT2D eigenvalue weighted by atomic mass is 10.1. The summed E-state index contributed by atoms with van der Waals surface area (Å²) in [5, 5.41) is 3.96. The third kappa shape index (κ3) is 4.99. The summed E-state index contributed by atoms with van der Waals surface area (Å²) < 4.78 is 16.0. The van der Waals surface area contributed by atoms with E-state index >= 15 is 0 Å². The van der Waals surface area contributed by atoms with Crippen molar-refractivity contribution in [2.75, 3.05) is 20.8 Å². The second kappa shape index (κ2) is 8.89. The largest absolute Gasteiger partial charge is 0.497 e. The molecule has 6 heteroatoms. The molecule has 2 rings (SSSR count). The number of nitrogens with one attached hydrogen (secondary N) is 1. The van der Waals surface area contributed by atoms with E-state index in [1.165, 1.54) is 6.21 Å². The molecule has 0 fully saturated rings. The smallest absolute Gasteiger partial charge is 0.277 e. The van der Waals surface area contributed by atoms with Crippen LogP contribution in [0, 0.1) is 20.8 Å². The van der Waals surface area contributed by atoms with Crippen molar-refractivity contribution >= 4 is 12.1 Å². The number of hydrogen-bond donors (Lipinski definition) is 1. The Labute approximate surface area is 153 Å². The van der Waals surface area contributed by atoms with Gasteiger partial charge >= 0.3 is 0 Å². The molecule has 0 heterocycles. The van der Waals surface area contributed by atoms with Crippen LogP contribution in [0.3, 0.4) is 0 Å². The summed E-state index contributed by atoms with van der Waals surface area (Å²) in [7, 11) is 3.15. The van der Waals surface area contributed by atoms with Crippen LogP contribution in [0.15, 0.2) is 35.4 Å². The van der Waals surface area contributed by atoms with Crippen molar-refractivity contribution in [3.63, 3.8) is 0 Å². The van der Waals surface area contributed by atoms with Gasteiger partial charge in [-0.3, -0.25) is 4.79 Å². The highest BCUT2D eigenvalue weighted by Crippen LogP contribution is 2.23. The SMILES string of the molecule is COc1ccc(OC)c(/C=N/NC(=O)COc2cc(C)cc(C)c2C)c1. The topological polar surface area (TPSA) is 69.2 Å². The van der Waals surface area contributed by atoms with E-state index in [0.717, 1.165) is 16.7 Å². The first kappa shape index (κ1) is 19.3. The fourth-order valence-corrected chi connectivity index (χ4v) is 2.44. The van der Waals surface area contributed by atoms with Gasteiger partial charge in [-0.25, -0.2) is 5.43 Å². The first-order valence-electron chi connectivity index (χ1n) is 8.19. The Balaban J connectivity index is 1.96. The zero-order valence-electron chi connectivity index (χ0n) is 15.8. The van der Waals surface area contributed by atoms with E-state index in [1.807, 2.05) is 26.8 Å². The van der Waals surface area contributed by atoms with Crippen molar-refractivity contribution in [1.29, 1.82) is 0 Å². The number of aryl methyl sites for hydroxylation is 2. The van der Waals surface area contributed by atoms with Crippen molar-refractivity contribution in [2.45, 2.75) is 20.8 Å². The molecule has 0 atom stereocenters. The van der Waals surface area contributed by atoms with Crippen LogP contribution in [0.4, 0.5) is 0 Å². The van der Waals surface area contributed by atoms with Crippen molar-refractivity contribution in [3.8, 4) is 17.2 Å². The highest BCUT2D eigenvalue weighted by molar-refractivity contribution is 5.86.